The second kappa shape index (κ2) is 6.93. The van der Waals surface area contributed by atoms with E-state index in [-0.39, 0.29) is 13.0 Å². The molecule has 0 unspecified atom stereocenters. The molecule has 1 aliphatic rings. The summed E-state index contributed by atoms with van der Waals surface area (Å²) in [6.07, 6.45) is -4.44. The predicted octanol–water partition coefficient (Wildman–Crippen LogP) is 4.46. The largest absolute Gasteiger partial charge is 0.457 e. The highest BCUT2D eigenvalue weighted by Crippen LogP contribution is 2.41. The summed E-state index contributed by atoms with van der Waals surface area (Å²) in [5, 5.41) is 12.6. The molecule has 0 bridgehead atoms. The lowest BCUT2D eigenvalue weighted by atomic mass is 9.86. The SMILES string of the molecule is Cc1cccc(Oc2ccc([C@]3(CO)C[C@H](C(F)(F)F)CN3)cc2)c1C. The fraction of sp³-hybridized carbons (Fsp3) is 0.400. The molecule has 6 heteroatoms. The molecule has 2 aromatic carbocycles. The van der Waals surface area contributed by atoms with Crippen LogP contribution in [-0.4, -0.2) is 24.4 Å². The number of hydrogen-bond donors (Lipinski definition) is 2. The number of aliphatic hydroxyl groups is 1. The first kappa shape index (κ1) is 18.7. The van der Waals surface area contributed by atoms with Crippen LogP contribution in [-0.2, 0) is 5.54 Å². The zero-order valence-corrected chi connectivity index (χ0v) is 14.7. The second-order valence-electron chi connectivity index (χ2n) is 6.89. The smallest absolute Gasteiger partial charge is 0.393 e. The van der Waals surface area contributed by atoms with E-state index in [1.165, 1.54) is 0 Å². The van der Waals surface area contributed by atoms with Crippen LogP contribution in [0.4, 0.5) is 13.2 Å². The van der Waals surface area contributed by atoms with Gasteiger partial charge in [-0.15, -0.1) is 0 Å². The third-order valence-corrected chi connectivity index (χ3v) is 5.20. The number of nitrogens with one attached hydrogen (secondary N) is 1. The van der Waals surface area contributed by atoms with Crippen molar-refractivity contribution >= 4 is 0 Å². The number of aryl methyl sites for hydroxylation is 1. The summed E-state index contributed by atoms with van der Waals surface area (Å²) >= 11 is 0. The molecule has 0 aromatic heterocycles. The van der Waals surface area contributed by atoms with Crippen LogP contribution >= 0.6 is 0 Å². The summed E-state index contributed by atoms with van der Waals surface area (Å²) in [5.74, 6) is -0.118. The van der Waals surface area contributed by atoms with Gasteiger partial charge in [0.15, 0.2) is 0 Å². The molecule has 2 N–H and O–H groups in total. The molecular weight excluding hydrogens is 343 g/mol. The maximum atomic E-state index is 13.0. The lowest BCUT2D eigenvalue weighted by Gasteiger charge is -2.28. The average Bonchev–Trinajstić information content (AvgIpc) is 3.06. The van der Waals surface area contributed by atoms with E-state index in [1.54, 1.807) is 24.3 Å². The highest BCUT2D eigenvalue weighted by atomic mass is 19.4. The van der Waals surface area contributed by atoms with Crippen LogP contribution in [0.1, 0.15) is 23.1 Å². The Hall–Kier alpha value is -2.05. The molecule has 3 nitrogen and oxygen atoms in total. The Morgan fingerprint density at radius 3 is 2.42 bits per heavy atom. The number of aliphatic hydroxyl groups excluding tert-OH is 1. The molecule has 1 saturated heterocycles. The van der Waals surface area contributed by atoms with Gasteiger partial charge in [0.25, 0.3) is 0 Å². The van der Waals surface area contributed by atoms with Gasteiger partial charge in [0.2, 0.25) is 0 Å². The fourth-order valence-electron chi connectivity index (χ4n) is 3.35. The van der Waals surface area contributed by atoms with Crippen LogP contribution in [0.5, 0.6) is 11.5 Å². The monoisotopic (exact) mass is 365 g/mol. The van der Waals surface area contributed by atoms with Crippen molar-refractivity contribution in [1.82, 2.24) is 5.32 Å². The summed E-state index contributed by atoms with van der Waals surface area (Å²) in [7, 11) is 0. The van der Waals surface area contributed by atoms with Crippen LogP contribution in [0.15, 0.2) is 42.5 Å². The second-order valence-corrected chi connectivity index (χ2v) is 6.89. The summed E-state index contributed by atoms with van der Waals surface area (Å²) in [6.45, 7) is 3.39. The zero-order valence-electron chi connectivity index (χ0n) is 14.7. The first-order valence-electron chi connectivity index (χ1n) is 8.52. The van der Waals surface area contributed by atoms with E-state index in [9.17, 15) is 18.3 Å². The molecule has 3 rings (SSSR count). The van der Waals surface area contributed by atoms with E-state index in [2.05, 4.69) is 5.32 Å². The van der Waals surface area contributed by atoms with Gasteiger partial charge < -0.3 is 15.2 Å². The third-order valence-electron chi connectivity index (χ3n) is 5.20. The van der Waals surface area contributed by atoms with Gasteiger partial charge >= 0.3 is 6.18 Å². The molecule has 2 atom stereocenters. The Kier molecular flexibility index (Phi) is 4.99. The van der Waals surface area contributed by atoms with Crippen LogP contribution < -0.4 is 10.1 Å². The Bertz CT molecular complexity index is 774. The first-order chi connectivity index (χ1) is 12.2. The van der Waals surface area contributed by atoms with E-state index >= 15 is 0 Å². The molecule has 0 amide bonds. The molecule has 26 heavy (non-hydrogen) atoms. The third kappa shape index (κ3) is 3.57. The van der Waals surface area contributed by atoms with E-state index < -0.39 is 24.2 Å². The van der Waals surface area contributed by atoms with E-state index in [0.29, 0.717) is 11.3 Å². The zero-order chi connectivity index (χ0) is 18.9. The highest BCUT2D eigenvalue weighted by Gasteiger charge is 2.50. The van der Waals surface area contributed by atoms with Crippen molar-refractivity contribution in [2.45, 2.75) is 32.0 Å². The van der Waals surface area contributed by atoms with Gasteiger partial charge in [-0.25, -0.2) is 0 Å². The number of alkyl halides is 3. The van der Waals surface area contributed by atoms with Crippen molar-refractivity contribution in [3.8, 4) is 11.5 Å². The number of rotatable bonds is 4. The standard InChI is InChI=1S/C20H22F3NO2/c1-13-4-3-5-18(14(13)2)26-17-8-6-15(7-9-17)19(12-25)10-16(11-24-19)20(21,22)23/h3-9,16,24-25H,10-12H2,1-2H3/t16-,19+/m0/s1. The van der Waals surface area contributed by atoms with E-state index in [4.69, 9.17) is 4.74 Å². The predicted molar refractivity (Wildman–Crippen MR) is 93.4 cm³/mol. The van der Waals surface area contributed by atoms with Crippen LogP contribution in [0.25, 0.3) is 0 Å². The van der Waals surface area contributed by atoms with Gasteiger partial charge in [-0.2, -0.15) is 13.2 Å². The number of benzene rings is 2. The lowest BCUT2D eigenvalue weighted by molar-refractivity contribution is -0.170. The molecule has 1 aliphatic heterocycles. The molecule has 0 radical (unpaired) electrons. The normalized spacial score (nSPS) is 23.2. The Balaban J connectivity index is 1.79. The van der Waals surface area contributed by atoms with Crippen LogP contribution in [0.2, 0.25) is 0 Å². The molecule has 0 saturated carbocycles. The van der Waals surface area contributed by atoms with Gasteiger partial charge in [0.05, 0.1) is 18.1 Å². The van der Waals surface area contributed by atoms with E-state index in [1.807, 2.05) is 32.0 Å². The Morgan fingerprint density at radius 1 is 1.15 bits per heavy atom. The minimum absolute atomic E-state index is 0.176. The number of ether oxygens (including phenoxy) is 1. The van der Waals surface area contributed by atoms with Crippen LogP contribution in [0.3, 0.4) is 0 Å². The summed E-state index contributed by atoms with van der Waals surface area (Å²) in [4.78, 5) is 0. The first-order valence-corrected chi connectivity index (χ1v) is 8.52. The number of hydrogen-bond acceptors (Lipinski definition) is 3. The quantitative estimate of drug-likeness (QED) is 0.841. The molecule has 0 aliphatic carbocycles. The topological polar surface area (TPSA) is 41.5 Å². The Morgan fingerprint density at radius 2 is 1.85 bits per heavy atom. The lowest BCUT2D eigenvalue weighted by Crippen LogP contribution is -2.40. The van der Waals surface area contributed by atoms with Crippen LogP contribution in [0, 0.1) is 19.8 Å². The maximum Gasteiger partial charge on any atom is 0.393 e. The van der Waals surface area contributed by atoms with Gasteiger partial charge in [0, 0.05) is 6.54 Å². The van der Waals surface area contributed by atoms with Crippen molar-refractivity contribution < 1.29 is 23.0 Å². The minimum atomic E-state index is -4.27. The van der Waals surface area contributed by atoms with Crippen molar-refractivity contribution in [2.75, 3.05) is 13.2 Å². The fourth-order valence-corrected chi connectivity index (χ4v) is 3.35. The van der Waals surface area contributed by atoms with Crippen molar-refractivity contribution in [1.29, 1.82) is 0 Å². The van der Waals surface area contributed by atoms with Crippen molar-refractivity contribution in [3.63, 3.8) is 0 Å². The summed E-state index contributed by atoms with van der Waals surface area (Å²) in [5.41, 5.74) is 1.71. The molecular formula is C20H22F3NO2. The van der Waals surface area contributed by atoms with Crippen molar-refractivity contribution in [3.05, 3.63) is 59.2 Å². The average molecular weight is 365 g/mol. The van der Waals surface area contributed by atoms with Gasteiger partial charge in [0.1, 0.15) is 11.5 Å². The van der Waals surface area contributed by atoms with Gasteiger partial charge in [-0.1, -0.05) is 24.3 Å². The minimum Gasteiger partial charge on any atom is -0.457 e. The number of halogens is 3. The van der Waals surface area contributed by atoms with Gasteiger partial charge in [-0.05, 0) is 55.2 Å². The molecule has 1 fully saturated rings. The maximum absolute atomic E-state index is 13.0. The van der Waals surface area contributed by atoms with E-state index in [0.717, 1.165) is 16.9 Å². The highest BCUT2D eigenvalue weighted by molar-refractivity contribution is 5.42. The molecule has 140 valence electrons. The Labute approximate surface area is 150 Å². The molecule has 2 aromatic rings. The summed E-state index contributed by atoms with van der Waals surface area (Å²) < 4.78 is 44.9. The van der Waals surface area contributed by atoms with Crippen molar-refractivity contribution in [2.24, 2.45) is 5.92 Å². The summed E-state index contributed by atoms with van der Waals surface area (Å²) in [6, 6.07) is 12.6. The molecule has 0 spiro atoms. The van der Waals surface area contributed by atoms with Gasteiger partial charge in [-0.3, -0.25) is 0 Å². The molecule has 1 heterocycles.